The summed E-state index contributed by atoms with van der Waals surface area (Å²) < 4.78 is 74.1. The van der Waals surface area contributed by atoms with E-state index in [1.807, 2.05) is 0 Å². The van der Waals surface area contributed by atoms with Gasteiger partial charge in [-0.25, -0.2) is 0 Å². The predicted molar refractivity (Wildman–Crippen MR) is 87.2 cm³/mol. The lowest BCUT2D eigenvalue weighted by Crippen LogP contribution is -2.13. The molecule has 2 heterocycles. The van der Waals surface area contributed by atoms with Gasteiger partial charge in [0.15, 0.2) is 5.69 Å². The lowest BCUT2D eigenvalue weighted by Gasteiger charge is -2.09. The molecule has 150 valence electrons. The van der Waals surface area contributed by atoms with E-state index in [0.29, 0.717) is 5.56 Å². The third-order valence-electron chi connectivity index (χ3n) is 3.84. The topological polar surface area (TPSA) is 66.0 Å². The lowest BCUT2D eigenvalue weighted by atomic mass is 10.2. The van der Waals surface area contributed by atoms with Crippen molar-refractivity contribution in [2.45, 2.75) is 32.7 Å². The van der Waals surface area contributed by atoms with Crippen LogP contribution in [0.5, 0.6) is 5.75 Å². The van der Waals surface area contributed by atoms with E-state index in [-0.39, 0.29) is 23.2 Å². The molecule has 0 amide bonds. The Hall–Kier alpha value is -2.69. The van der Waals surface area contributed by atoms with Gasteiger partial charge in [-0.2, -0.15) is 27.1 Å². The van der Waals surface area contributed by atoms with Crippen LogP contribution in [0.25, 0.3) is 11.5 Å². The molecule has 3 rings (SSSR count). The zero-order valence-corrected chi connectivity index (χ0v) is 15.1. The standard InChI is InChI=1S/C16H12ClF5N4O2/c1-7-11(17)12(16(20,21)22)25-26(7)8(2)13-23-24-14(28-13)9-3-5-10(6-4-9)27-15(18)19/h3-6,8,15H,1-2H3. The summed E-state index contributed by atoms with van der Waals surface area (Å²) in [6, 6.07) is 4.62. The van der Waals surface area contributed by atoms with Gasteiger partial charge < -0.3 is 9.15 Å². The summed E-state index contributed by atoms with van der Waals surface area (Å²) in [6.07, 6.45) is -4.70. The molecule has 12 heteroatoms. The van der Waals surface area contributed by atoms with Crippen LogP contribution in [-0.2, 0) is 6.18 Å². The Labute approximate surface area is 159 Å². The van der Waals surface area contributed by atoms with Gasteiger partial charge in [-0.15, -0.1) is 10.2 Å². The van der Waals surface area contributed by atoms with Crippen molar-refractivity contribution in [3.05, 3.63) is 46.6 Å². The average Bonchev–Trinajstić information content (AvgIpc) is 3.20. The molecule has 0 aliphatic rings. The van der Waals surface area contributed by atoms with Crippen molar-refractivity contribution in [1.29, 1.82) is 0 Å². The highest BCUT2D eigenvalue weighted by Gasteiger charge is 2.39. The fraction of sp³-hybridized carbons (Fsp3) is 0.312. The molecular weight excluding hydrogens is 411 g/mol. The van der Waals surface area contributed by atoms with Crippen LogP contribution >= 0.6 is 11.6 Å². The molecule has 1 unspecified atom stereocenters. The Morgan fingerprint density at radius 1 is 1.14 bits per heavy atom. The van der Waals surface area contributed by atoms with Crippen LogP contribution in [0.1, 0.15) is 30.2 Å². The van der Waals surface area contributed by atoms with Gasteiger partial charge in [-0.3, -0.25) is 4.68 Å². The smallest absolute Gasteiger partial charge is 0.435 e. The molecule has 0 saturated heterocycles. The molecule has 0 radical (unpaired) electrons. The van der Waals surface area contributed by atoms with Crippen LogP contribution in [0, 0.1) is 6.92 Å². The Bertz CT molecular complexity index is 969. The van der Waals surface area contributed by atoms with E-state index in [2.05, 4.69) is 20.0 Å². The van der Waals surface area contributed by atoms with Crippen LogP contribution in [0.4, 0.5) is 22.0 Å². The number of hydrogen-bond donors (Lipinski definition) is 0. The van der Waals surface area contributed by atoms with E-state index in [1.54, 1.807) is 0 Å². The molecule has 0 N–H and O–H groups in total. The maximum atomic E-state index is 13.0. The van der Waals surface area contributed by atoms with Gasteiger partial charge >= 0.3 is 12.8 Å². The highest BCUT2D eigenvalue weighted by Crippen LogP contribution is 2.37. The molecular formula is C16H12ClF5N4O2. The van der Waals surface area contributed by atoms with Gasteiger partial charge in [0.2, 0.25) is 11.8 Å². The summed E-state index contributed by atoms with van der Waals surface area (Å²) in [7, 11) is 0. The first-order valence-electron chi connectivity index (χ1n) is 7.78. The van der Waals surface area contributed by atoms with Crippen molar-refractivity contribution in [1.82, 2.24) is 20.0 Å². The second-order valence-corrected chi connectivity index (χ2v) is 6.09. The summed E-state index contributed by atoms with van der Waals surface area (Å²) in [5.41, 5.74) is -0.693. The quantitative estimate of drug-likeness (QED) is 0.534. The van der Waals surface area contributed by atoms with E-state index in [4.69, 9.17) is 16.0 Å². The average molecular weight is 423 g/mol. The van der Waals surface area contributed by atoms with Crippen molar-refractivity contribution in [2.75, 3.05) is 0 Å². The highest BCUT2D eigenvalue weighted by molar-refractivity contribution is 6.31. The molecule has 0 spiro atoms. The van der Waals surface area contributed by atoms with Gasteiger partial charge in [0.05, 0.1) is 10.7 Å². The highest BCUT2D eigenvalue weighted by atomic mass is 35.5. The second-order valence-electron chi connectivity index (χ2n) is 5.71. The number of ether oxygens (including phenoxy) is 1. The minimum absolute atomic E-state index is 0.00102. The van der Waals surface area contributed by atoms with Gasteiger partial charge in [-0.05, 0) is 38.1 Å². The Morgan fingerprint density at radius 3 is 2.32 bits per heavy atom. The molecule has 1 atom stereocenters. The zero-order valence-electron chi connectivity index (χ0n) is 14.3. The van der Waals surface area contributed by atoms with E-state index in [1.165, 1.54) is 38.1 Å². The number of alkyl halides is 5. The molecule has 0 aliphatic heterocycles. The number of nitrogens with zero attached hydrogens (tertiary/aromatic N) is 4. The van der Waals surface area contributed by atoms with E-state index in [9.17, 15) is 22.0 Å². The van der Waals surface area contributed by atoms with E-state index >= 15 is 0 Å². The monoisotopic (exact) mass is 422 g/mol. The number of aromatic nitrogens is 4. The SMILES string of the molecule is Cc1c(Cl)c(C(F)(F)F)nn1C(C)c1nnc(-c2ccc(OC(F)F)cc2)o1. The molecule has 0 fully saturated rings. The van der Waals surface area contributed by atoms with Crippen LogP contribution in [0.15, 0.2) is 28.7 Å². The molecule has 1 aromatic carbocycles. The molecule has 3 aromatic rings. The Balaban J connectivity index is 1.86. The van der Waals surface area contributed by atoms with E-state index in [0.717, 1.165) is 4.68 Å². The van der Waals surface area contributed by atoms with Crippen molar-refractivity contribution >= 4 is 11.6 Å². The molecule has 0 aliphatic carbocycles. The Morgan fingerprint density at radius 2 is 1.79 bits per heavy atom. The minimum atomic E-state index is -4.70. The summed E-state index contributed by atoms with van der Waals surface area (Å²) in [4.78, 5) is 0. The Kier molecular flexibility index (Phi) is 5.28. The summed E-state index contributed by atoms with van der Waals surface area (Å²) in [5, 5.41) is 10.7. The van der Waals surface area contributed by atoms with Crippen LogP contribution in [-0.4, -0.2) is 26.6 Å². The van der Waals surface area contributed by atoms with Crippen LogP contribution < -0.4 is 4.74 Å². The first kappa shape index (κ1) is 20.1. The maximum absolute atomic E-state index is 13.0. The molecule has 28 heavy (non-hydrogen) atoms. The maximum Gasteiger partial charge on any atom is 0.436 e. The molecule has 2 aromatic heterocycles. The zero-order chi connectivity index (χ0) is 20.6. The minimum Gasteiger partial charge on any atom is -0.435 e. The molecule has 0 bridgehead atoms. The third-order valence-corrected chi connectivity index (χ3v) is 4.29. The van der Waals surface area contributed by atoms with Gasteiger partial charge in [0.1, 0.15) is 11.8 Å². The predicted octanol–water partition coefficient (Wildman–Crippen LogP) is 5.12. The summed E-state index contributed by atoms with van der Waals surface area (Å²) in [6.45, 7) is -0.0413. The van der Waals surface area contributed by atoms with Gasteiger partial charge in [0, 0.05) is 5.56 Å². The van der Waals surface area contributed by atoms with Gasteiger partial charge in [0.25, 0.3) is 0 Å². The summed E-state index contributed by atoms with van der Waals surface area (Å²) in [5.74, 6) is 0.00430. The summed E-state index contributed by atoms with van der Waals surface area (Å²) >= 11 is 5.75. The van der Waals surface area contributed by atoms with E-state index < -0.39 is 29.5 Å². The van der Waals surface area contributed by atoms with Crippen molar-refractivity contribution < 1.29 is 31.1 Å². The van der Waals surface area contributed by atoms with Crippen molar-refractivity contribution in [3.8, 4) is 17.2 Å². The van der Waals surface area contributed by atoms with Gasteiger partial charge in [-0.1, -0.05) is 11.6 Å². The van der Waals surface area contributed by atoms with Crippen molar-refractivity contribution in [2.24, 2.45) is 0 Å². The first-order valence-corrected chi connectivity index (χ1v) is 8.16. The number of benzene rings is 1. The molecule has 0 saturated carbocycles. The first-order chi connectivity index (χ1) is 13.1. The second kappa shape index (κ2) is 7.38. The number of halogens is 6. The lowest BCUT2D eigenvalue weighted by molar-refractivity contribution is -0.141. The third kappa shape index (κ3) is 3.93. The van der Waals surface area contributed by atoms with Crippen molar-refractivity contribution in [3.63, 3.8) is 0 Å². The largest absolute Gasteiger partial charge is 0.436 e. The fourth-order valence-corrected chi connectivity index (χ4v) is 2.69. The fourth-order valence-electron chi connectivity index (χ4n) is 2.46. The normalized spacial score (nSPS) is 13.2. The van der Waals surface area contributed by atoms with Crippen LogP contribution in [0.3, 0.4) is 0 Å². The van der Waals surface area contributed by atoms with Crippen LogP contribution in [0.2, 0.25) is 5.02 Å². The molecule has 6 nitrogen and oxygen atoms in total. The number of rotatable bonds is 5. The number of hydrogen-bond acceptors (Lipinski definition) is 5.